The van der Waals surface area contributed by atoms with Crippen LogP contribution >= 0.6 is 22.9 Å². The second-order valence-corrected chi connectivity index (χ2v) is 11.1. The summed E-state index contributed by atoms with van der Waals surface area (Å²) >= 11 is 7.52. The fourth-order valence-corrected chi connectivity index (χ4v) is 5.61. The van der Waals surface area contributed by atoms with E-state index in [9.17, 15) is 14.9 Å². The van der Waals surface area contributed by atoms with Crippen molar-refractivity contribution in [1.82, 2.24) is 0 Å². The van der Waals surface area contributed by atoms with E-state index in [1.54, 1.807) is 42.6 Å². The van der Waals surface area contributed by atoms with Crippen LogP contribution in [0.3, 0.4) is 0 Å². The number of nitrogens with one attached hydrogen (secondary N) is 1. The van der Waals surface area contributed by atoms with Gasteiger partial charge >= 0.3 is 0 Å². The van der Waals surface area contributed by atoms with Crippen molar-refractivity contribution < 1.29 is 9.72 Å². The molecule has 176 valence electrons. The molecule has 3 aromatic rings. The quantitative estimate of drug-likeness (QED) is 0.226. The summed E-state index contributed by atoms with van der Waals surface area (Å²) in [7, 11) is 0. The molecule has 0 spiro atoms. The zero-order chi connectivity index (χ0) is 24.5. The van der Waals surface area contributed by atoms with Gasteiger partial charge in [-0.05, 0) is 66.0 Å². The Balaban J connectivity index is 1.70. The van der Waals surface area contributed by atoms with Gasteiger partial charge in [0.1, 0.15) is 5.00 Å². The maximum atomic E-state index is 13.4. The van der Waals surface area contributed by atoms with E-state index in [1.807, 2.05) is 0 Å². The van der Waals surface area contributed by atoms with Crippen molar-refractivity contribution >= 4 is 51.4 Å². The number of hydrogen-bond donors (Lipinski definition) is 1. The molecule has 1 atom stereocenters. The van der Waals surface area contributed by atoms with Crippen LogP contribution in [0.5, 0.6) is 0 Å². The van der Waals surface area contributed by atoms with Gasteiger partial charge in [-0.25, -0.2) is 4.99 Å². The maximum Gasteiger partial charge on any atom is 0.270 e. The first-order valence-electron chi connectivity index (χ1n) is 11.1. The second kappa shape index (κ2) is 9.68. The zero-order valence-corrected chi connectivity index (χ0v) is 20.9. The molecule has 0 radical (unpaired) electrons. The normalized spacial score (nSPS) is 15.8. The molecule has 0 aliphatic heterocycles. The van der Waals surface area contributed by atoms with Crippen LogP contribution in [0.1, 0.15) is 53.6 Å². The molecule has 0 saturated heterocycles. The van der Waals surface area contributed by atoms with Gasteiger partial charge in [0.2, 0.25) is 0 Å². The number of thiophene rings is 1. The Bertz CT molecular complexity index is 1260. The van der Waals surface area contributed by atoms with Crippen LogP contribution in [0.2, 0.25) is 5.02 Å². The molecule has 4 rings (SSSR count). The Morgan fingerprint density at radius 3 is 2.65 bits per heavy atom. The van der Waals surface area contributed by atoms with Gasteiger partial charge in [-0.15, -0.1) is 11.3 Å². The Morgan fingerprint density at radius 1 is 1.24 bits per heavy atom. The van der Waals surface area contributed by atoms with Gasteiger partial charge < -0.3 is 5.32 Å². The largest absolute Gasteiger partial charge is 0.322 e. The van der Waals surface area contributed by atoms with Crippen LogP contribution < -0.4 is 5.32 Å². The van der Waals surface area contributed by atoms with Crippen LogP contribution in [0.25, 0.3) is 0 Å². The highest BCUT2D eigenvalue weighted by Gasteiger charge is 2.33. The number of aliphatic imine (C=N–C) groups is 1. The van der Waals surface area contributed by atoms with Gasteiger partial charge in [0.05, 0.1) is 10.5 Å². The number of anilines is 1. The summed E-state index contributed by atoms with van der Waals surface area (Å²) in [5.41, 5.74) is 3.10. The molecule has 1 aliphatic rings. The summed E-state index contributed by atoms with van der Waals surface area (Å²) < 4.78 is 0. The predicted octanol–water partition coefficient (Wildman–Crippen LogP) is 7.46. The lowest BCUT2D eigenvalue weighted by atomic mass is 9.72. The molecule has 6 nitrogen and oxygen atoms in total. The number of benzene rings is 2. The summed E-state index contributed by atoms with van der Waals surface area (Å²) in [5.74, 6) is 0.319. The topological polar surface area (TPSA) is 84.6 Å². The number of hydrogen-bond acceptors (Lipinski definition) is 5. The molecule has 0 bridgehead atoms. The number of halogens is 1. The summed E-state index contributed by atoms with van der Waals surface area (Å²) in [6.45, 7) is 6.77. The standard InChI is InChI=1S/C26H26ClN3O3S/c1-26(2,3)17-7-12-21-22(14-17)34-25(28-15-16-5-4-6-20(13-16)30(32)33)23(21)24(31)29-19-10-8-18(27)9-11-19/h4-6,8-11,13,15,17H,7,12,14H2,1-3H3,(H,29,31)/t17-/m0/s1. The van der Waals surface area contributed by atoms with Crippen LogP contribution in [0.4, 0.5) is 16.4 Å². The van der Waals surface area contributed by atoms with E-state index in [4.69, 9.17) is 11.6 Å². The summed E-state index contributed by atoms with van der Waals surface area (Å²) in [6, 6.07) is 13.3. The summed E-state index contributed by atoms with van der Waals surface area (Å²) in [6.07, 6.45) is 4.34. The lowest BCUT2D eigenvalue weighted by Gasteiger charge is -2.33. The molecule has 0 unspecified atom stereocenters. The Kier molecular flexibility index (Phi) is 6.86. The van der Waals surface area contributed by atoms with Gasteiger partial charge in [0, 0.05) is 33.9 Å². The number of nitrogens with zero attached hydrogens (tertiary/aromatic N) is 2. The molecule has 0 saturated carbocycles. The second-order valence-electron chi connectivity index (χ2n) is 9.56. The number of carbonyl (C=O) groups is 1. The van der Waals surface area contributed by atoms with Gasteiger partial charge in [0.25, 0.3) is 11.6 Å². The van der Waals surface area contributed by atoms with E-state index in [0.29, 0.717) is 32.8 Å². The van der Waals surface area contributed by atoms with Crippen molar-refractivity contribution in [2.24, 2.45) is 16.3 Å². The minimum absolute atomic E-state index is 0.00291. The summed E-state index contributed by atoms with van der Waals surface area (Å²) in [4.78, 5) is 29.9. The fourth-order valence-electron chi connectivity index (χ4n) is 4.21. The van der Waals surface area contributed by atoms with Crippen molar-refractivity contribution in [1.29, 1.82) is 0 Å². The van der Waals surface area contributed by atoms with Crippen molar-refractivity contribution in [3.05, 3.63) is 85.2 Å². The number of non-ortho nitro benzene ring substituents is 1. The number of carbonyl (C=O) groups excluding carboxylic acids is 1. The molecule has 1 aromatic heterocycles. The third-order valence-electron chi connectivity index (χ3n) is 6.21. The number of amides is 1. The van der Waals surface area contributed by atoms with Crippen molar-refractivity contribution in [2.45, 2.75) is 40.0 Å². The molecule has 1 N–H and O–H groups in total. The van der Waals surface area contributed by atoms with E-state index >= 15 is 0 Å². The lowest BCUT2D eigenvalue weighted by Crippen LogP contribution is -2.27. The third kappa shape index (κ3) is 5.37. The average Bonchev–Trinajstić information content (AvgIpc) is 3.16. The smallest absolute Gasteiger partial charge is 0.270 e. The van der Waals surface area contributed by atoms with Crippen LogP contribution in [-0.2, 0) is 12.8 Å². The first-order valence-corrected chi connectivity index (χ1v) is 12.3. The van der Waals surface area contributed by atoms with Gasteiger partial charge in [-0.1, -0.05) is 44.5 Å². The molecule has 1 heterocycles. The average molecular weight is 496 g/mol. The van der Waals surface area contributed by atoms with Gasteiger partial charge in [-0.2, -0.15) is 0 Å². The molecular formula is C26H26ClN3O3S. The summed E-state index contributed by atoms with van der Waals surface area (Å²) in [5, 5.41) is 15.3. The lowest BCUT2D eigenvalue weighted by molar-refractivity contribution is -0.384. The Labute approximate surface area is 207 Å². The molecule has 2 aromatic carbocycles. The minimum atomic E-state index is -0.432. The van der Waals surface area contributed by atoms with E-state index in [1.165, 1.54) is 28.3 Å². The maximum absolute atomic E-state index is 13.4. The van der Waals surface area contributed by atoms with Crippen molar-refractivity contribution in [3.8, 4) is 0 Å². The van der Waals surface area contributed by atoms with Crippen molar-refractivity contribution in [3.63, 3.8) is 0 Å². The number of rotatable bonds is 5. The third-order valence-corrected chi connectivity index (χ3v) is 7.63. The van der Waals surface area contributed by atoms with Gasteiger partial charge in [-0.3, -0.25) is 14.9 Å². The highest BCUT2D eigenvalue weighted by atomic mass is 35.5. The minimum Gasteiger partial charge on any atom is -0.322 e. The number of nitro benzene ring substituents is 1. The monoisotopic (exact) mass is 495 g/mol. The molecule has 34 heavy (non-hydrogen) atoms. The first kappa shape index (κ1) is 24.1. The van der Waals surface area contributed by atoms with Gasteiger partial charge in [0.15, 0.2) is 0 Å². The highest BCUT2D eigenvalue weighted by Crippen LogP contribution is 2.45. The molecule has 0 fully saturated rings. The van der Waals surface area contributed by atoms with Crippen LogP contribution in [0.15, 0.2) is 53.5 Å². The Morgan fingerprint density at radius 2 is 1.97 bits per heavy atom. The predicted molar refractivity (Wildman–Crippen MR) is 139 cm³/mol. The van der Waals surface area contributed by atoms with Crippen molar-refractivity contribution in [2.75, 3.05) is 5.32 Å². The van der Waals surface area contributed by atoms with E-state index in [0.717, 1.165) is 24.8 Å². The molecule has 1 aliphatic carbocycles. The highest BCUT2D eigenvalue weighted by molar-refractivity contribution is 7.16. The van der Waals surface area contributed by atoms with E-state index < -0.39 is 4.92 Å². The van der Waals surface area contributed by atoms with E-state index in [-0.39, 0.29) is 17.0 Å². The molecule has 8 heteroatoms. The SMILES string of the molecule is CC(C)(C)[C@H]1CCc2c(sc(N=Cc3cccc([N+](=O)[O-])c3)c2C(=O)Nc2ccc(Cl)cc2)C1. The zero-order valence-electron chi connectivity index (χ0n) is 19.3. The Hall–Kier alpha value is -3.03. The first-order chi connectivity index (χ1) is 16.1. The fraction of sp³-hybridized carbons (Fsp3) is 0.308. The van der Waals surface area contributed by atoms with Crippen LogP contribution in [-0.4, -0.2) is 17.0 Å². The molecular weight excluding hydrogens is 470 g/mol. The van der Waals surface area contributed by atoms with E-state index in [2.05, 4.69) is 31.1 Å². The molecule has 1 amide bonds. The number of nitro groups is 1. The van der Waals surface area contributed by atoms with Crippen LogP contribution in [0, 0.1) is 21.4 Å². The number of fused-ring (bicyclic) bond motifs is 1.